The summed E-state index contributed by atoms with van der Waals surface area (Å²) in [7, 11) is 0. The third-order valence-electron chi connectivity index (χ3n) is 7.50. The maximum Gasteiger partial charge on any atom is 0.251 e. The quantitative estimate of drug-likeness (QED) is 0.0367. The molecule has 0 atom stereocenters. The van der Waals surface area contributed by atoms with Crippen molar-refractivity contribution in [1.29, 1.82) is 0 Å². The molecule has 2 amide bonds. The van der Waals surface area contributed by atoms with Crippen molar-refractivity contribution < 1.29 is 28.5 Å². The molecule has 0 bridgehead atoms. The lowest BCUT2D eigenvalue weighted by Gasteiger charge is -2.15. The summed E-state index contributed by atoms with van der Waals surface area (Å²) in [4.78, 5) is 41.0. The van der Waals surface area contributed by atoms with E-state index in [1.54, 1.807) is 36.4 Å². The molecule has 1 aliphatic rings. The zero-order valence-corrected chi connectivity index (χ0v) is 28.7. The Labute approximate surface area is 297 Å². The Balaban J connectivity index is 1.15. The van der Waals surface area contributed by atoms with Crippen molar-refractivity contribution in [3.8, 4) is 0 Å². The molecule has 4 rings (SSSR count). The van der Waals surface area contributed by atoms with Crippen molar-refractivity contribution in [1.82, 2.24) is 25.6 Å². The molecule has 1 saturated carbocycles. The summed E-state index contributed by atoms with van der Waals surface area (Å²) in [5.74, 6) is 0.898. The monoisotopic (exact) mass is 705 g/mol. The molecule has 3 aromatic rings. The van der Waals surface area contributed by atoms with Crippen LogP contribution in [0.5, 0.6) is 0 Å². The van der Waals surface area contributed by atoms with Crippen LogP contribution in [0, 0.1) is 0 Å². The van der Waals surface area contributed by atoms with E-state index in [1.165, 1.54) is 12.8 Å². The first kappa shape index (κ1) is 38.7. The number of ether oxygens (including phenoxy) is 4. The van der Waals surface area contributed by atoms with Gasteiger partial charge in [-0.1, -0.05) is 36.2 Å². The minimum Gasteiger partial charge on any atom is -0.379 e. The molecule has 0 aliphatic heterocycles. The highest BCUT2D eigenvalue weighted by Crippen LogP contribution is 2.22. The lowest BCUT2D eigenvalue weighted by molar-refractivity contribution is 0.0511. The van der Waals surface area contributed by atoms with Crippen LogP contribution in [-0.2, 0) is 18.9 Å². The molecule has 0 radical (unpaired) electrons. The number of hydrogen-bond donors (Lipinski definition) is 5. The van der Waals surface area contributed by atoms with Gasteiger partial charge in [0.25, 0.3) is 11.8 Å². The van der Waals surface area contributed by atoms with Crippen LogP contribution in [-0.4, -0.2) is 112 Å². The smallest absolute Gasteiger partial charge is 0.251 e. The molecule has 274 valence electrons. The number of anilines is 4. The highest BCUT2D eigenvalue weighted by Gasteiger charge is 2.17. The van der Waals surface area contributed by atoms with Gasteiger partial charge in [-0.25, -0.2) is 0 Å². The van der Waals surface area contributed by atoms with Crippen molar-refractivity contribution >= 4 is 35.3 Å². The predicted molar refractivity (Wildman–Crippen MR) is 192 cm³/mol. The van der Waals surface area contributed by atoms with Crippen LogP contribution in [0.3, 0.4) is 0 Å². The van der Waals surface area contributed by atoms with Gasteiger partial charge in [-0.3, -0.25) is 9.59 Å². The lowest BCUT2D eigenvalue weighted by Crippen LogP contribution is -2.27. The van der Waals surface area contributed by atoms with E-state index in [0.717, 1.165) is 12.8 Å². The van der Waals surface area contributed by atoms with Crippen LogP contribution < -0.4 is 26.6 Å². The molecule has 17 heteroatoms. The highest BCUT2D eigenvalue weighted by atomic mass is 16.5. The number of rotatable bonds is 25. The van der Waals surface area contributed by atoms with Crippen LogP contribution in [0.4, 0.5) is 23.5 Å². The van der Waals surface area contributed by atoms with Gasteiger partial charge < -0.3 is 45.5 Å². The average Bonchev–Trinajstić information content (AvgIpc) is 3.66. The molecule has 0 spiro atoms. The standard InChI is InChI=1S/C34H47N11O6/c35-45-39-17-21-51-25-24-49-19-15-37-31(47)27-10-12-29(13-11-27)41-34-43-32(42-33(44-34)40-28-8-4-5-9-28)38-16-20-50-23-22-48-18-14-36-30(46)26-6-2-1-3-7-26/h1-3,6-7,10-13,28H,4-5,8-9,14-25H2,(H,36,46)(H,37,47)(H3,38,40,41,42,43,44). The largest absolute Gasteiger partial charge is 0.379 e. The van der Waals surface area contributed by atoms with Crippen molar-refractivity contribution in [3.05, 3.63) is 76.2 Å². The molecule has 2 aromatic carbocycles. The first-order chi connectivity index (χ1) is 25.1. The number of azide groups is 1. The SMILES string of the molecule is [N-]=[N+]=NCCOCCOCCNC(=O)c1ccc(Nc2nc(NCCOCCOCCNC(=O)c3ccccc3)nc(NC3CCCC3)n2)cc1. The second-order valence-corrected chi connectivity index (χ2v) is 11.3. The molecule has 1 fully saturated rings. The summed E-state index contributed by atoms with van der Waals surface area (Å²) in [5.41, 5.74) is 10.1. The van der Waals surface area contributed by atoms with E-state index in [9.17, 15) is 9.59 Å². The zero-order valence-electron chi connectivity index (χ0n) is 28.7. The number of aromatic nitrogens is 3. The number of carbonyl (C=O) groups excluding carboxylic acids is 2. The summed E-state index contributed by atoms with van der Waals surface area (Å²) in [6.45, 7) is 4.59. The maximum absolute atomic E-state index is 12.6. The predicted octanol–water partition coefficient (Wildman–Crippen LogP) is 3.92. The van der Waals surface area contributed by atoms with Crippen molar-refractivity contribution in [2.24, 2.45) is 5.11 Å². The molecule has 0 saturated heterocycles. The van der Waals surface area contributed by atoms with E-state index in [0.29, 0.717) is 113 Å². The summed E-state index contributed by atoms with van der Waals surface area (Å²) in [6, 6.07) is 16.4. The number of benzene rings is 2. The minimum absolute atomic E-state index is 0.127. The number of nitrogens with one attached hydrogen (secondary N) is 5. The Hall–Kier alpha value is -5.06. The average molecular weight is 706 g/mol. The molecule has 1 aliphatic carbocycles. The van der Waals surface area contributed by atoms with Gasteiger partial charge in [0.15, 0.2) is 0 Å². The van der Waals surface area contributed by atoms with Crippen LogP contribution in [0.1, 0.15) is 46.4 Å². The number of amides is 2. The Kier molecular flexibility index (Phi) is 17.7. The molecular formula is C34H47N11O6. The summed E-state index contributed by atoms with van der Waals surface area (Å²) in [6.07, 6.45) is 4.48. The van der Waals surface area contributed by atoms with E-state index in [2.05, 4.69) is 51.6 Å². The van der Waals surface area contributed by atoms with Crippen molar-refractivity contribution in [2.45, 2.75) is 31.7 Å². The Morgan fingerprint density at radius 2 is 1.24 bits per heavy atom. The third-order valence-corrected chi connectivity index (χ3v) is 7.50. The molecular weight excluding hydrogens is 658 g/mol. The van der Waals surface area contributed by atoms with Gasteiger partial charge in [0.05, 0.1) is 52.9 Å². The Morgan fingerprint density at radius 1 is 0.686 bits per heavy atom. The van der Waals surface area contributed by atoms with E-state index in [1.807, 2.05) is 18.2 Å². The van der Waals surface area contributed by atoms with Crippen molar-refractivity contribution in [2.75, 3.05) is 95.0 Å². The molecule has 17 nitrogen and oxygen atoms in total. The number of hydrogen-bond acceptors (Lipinski definition) is 13. The second-order valence-electron chi connectivity index (χ2n) is 11.3. The topological polar surface area (TPSA) is 219 Å². The first-order valence-corrected chi connectivity index (χ1v) is 17.2. The fraction of sp³-hybridized carbons (Fsp3) is 0.500. The molecule has 0 unspecified atom stereocenters. The van der Waals surface area contributed by atoms with Gasteiger partial charge in [0.1, 0.15) is 0 Å². The normalized spacial score (nSPS) is 12.5. The van der Waals surface area contributed by atoms with Crippen LogP contribution in [0.15, 0.2) is 59.7 Å². The first-order valence-electron chi connectivity index (χ1n) is 17.2. The van der Waals surface area contributed by atoms with Gasteiger partial charge >= 0.3 is 0 Å². The van der Waals surface area contributed by atoms with Crippen molar-refractivity contribution in [3.63, 3.8) is 0 Å². The summed E-state index contributed by atoms with van der Waals surface area (Å²) < 4.78 is 21.9. The zero-order chi connectivity index (χ0) is 35.8. The maximum atomic E-state index is 12.6. The van der Waals surface area contributed by atoms with E-state index < -0.39 is 0 Å². The Morgan fingerprint density at radius 3 is 1.86 bits per heavy atom. The number of nitrogens with zero attached hydrogens (tertiary/aromatic N) is 6. The summed E-state index contributed by atoms with van der Waals surface area (Å²) in [5, 5.41) is 18.9. The van der Waals surface area contributed by atoms with Gasteiger partial charge in [-0.15, -0.1) is 0 Å². The molecule has 5 N–H and O–H groups in total. The molecule has 51 heavy (non-hydrogen) atoms. The minimum atomic E-state index is -0.216. The number of carbonyl (C=O) groups is 2. The second kappa shape index (κ2) is 23.4. The van der Waals surface area contributed by atoms with Crippen LogP contribution >= 0.6 is 0 Å². The fourth-order valence-electron chi connectivity index (χ4n) is 4.96. The summed E-state index contributed by atoms with van der Waals surface area (Å²) >= 11 is 0. The third kappa shape index (κ3) is 15.6. The van der Waals surface area contributed by atoms with Gasteiger partial charge in [0, 0.05) is 53.9 Å². The van der Waals surface area contributed by atoms with Crippen LogP contribution in [0.25, 0.3) is 10.4 Å². The molecule has 1 heterocycles. The lowest BCUT2D eigenvalue weighted by atomic mass is 10.2. The van der Waals surface area contributed by atoms with E-state index >= 15 is 0 Å². The fourth-order valence-corrected chi connectivity index (χ4v) is 4.96. The van der Waals surface area contributed by atoms with Crippen LogP contribution in [0.2, 0.25) is 0 Å². The molecule has 1 aromatic heterocycles. The van der Waals surface area contributed by atoms with E-state index in [4.69, 9.17) is 24.5 Å². The highest BCUT2D eigenvalue weighted by molar-refractivity contribution is 5.94. The van der Waals surface area contributed by atoms with E-state index in [-0.39, 0.29) is 18.4 Å². The van der Waals surface area contributed by atoms with Gasteiger partial charge in [0.2, 0.25) is 17.8 Å². The Bertz CT molecular complexity index is 1500. The van der Waals surface area contributed by atoms with Gasteiger partial charge in [-0.05, 0) is 54.8 Å². The van der Waals surface area contributed by atoms with Gasteiger partial charge in [-0.2, -0.15) is 15.0 Å².